The average molecular weight is 553 g/mol. The predicted octanol–water partition coefficient (Wildman–Crippen LogP) is 5.17. The molecule has 0 spiro atoms. The number of rotatable bonds is 9. The second kappa shape index (κ2) is 10.8. The first-order chi connectivity index (χ1) is 18.9. The summed E-state index contributed by atoms with van der Waals surface area (Å²) in [4.78, 5) is 22.9. The summed E-state index contributed by atoms with van der Waals surface area (Å²) >= 11 is 5.83. The lowest BCUT2D eigenvalue weighted by Gasteiger charge is -2.29. The Labute approximate surface area is 228 Å². The van der Waals surface area contributed by atoms with E-state index in [1.54, 1.807) is 18.2 Å². The molecule has 1 N–H and O–H groups in total. The predicted molar refractivity (Wildman–Crippen MR) is 141 cm³/mol. The van der Waals surface area contributed by atoms with E-state index in [9.17, 15) is 14.3 Å². The Morgan fingerprint density at radius 2 is 2.10 bits per heavy atom. The maximum Gasteiger partial charge on any atom is 0.371 e. The van der Waals surface area contributed by atoms with E-state index in [2.05, 4.69) is 16.0 Å². The van der Waals surface area contributed by atoms with Crippen molar-refractivity contribution in [1.29, 1.82) is 0 Å². The molecule has 2 aliphatic heterocycles. The lowest BCUT2D eigenvalue weighted by Crippen LogP contribution is -2.33. The van der Waals surface area contributed by atoms with E-state index < -0.39 is 11.8 Å². The monoisotopic (exact) mass is 552 g/mol. The number of nitrogens with zero attached hydrogens (tertiary/aromatic N) is 4. The Kier molecular flexibility index (Phi) is 7.07. The highest BCUT2D eigenvalue weighted by atomic mass is 35.5. The summed E-state index contributed by atoms with van der Waals surface area (Å²) in [5.74, 6) is -0.408. The maximum absolute atomic E-state index is 14.1. The van der Waals surface area contributed by atoms with Gasteiger partial charge >= 0.3 is 5.97 Å². The SMILES string of the molecule is O=C(O)c1cc2nc(CN3CC=C(c4cccc(OCc5ccc(Cl)cc5F)n4)CC3)n(CC3CCO3)c2o1. The van der Waals surface area contributed by atoms with Gasteiger partial charge in [0.25, 0.3) is 0 Å². The van der Waals surface area contributed by atoms with Gasteiger partial charge in [0.2, 0.25) is 17.4 Å². The van der Waals surface area contributed by atoms with Crippen LogP contribution >= 0.6 is 11.6 Å². The number of benzene rings is 1. The molecule has 5 heterocycles. The molecule has 1 aromatic carbocycles. The Hall–Kier alpha value is -3.73. The van der Waals surface area contributed by atoms with Crippen LogP contribution in [-0.2, 0) is 24.4 Å². The number of furan rings is 1. The molecule has 9 nitrogen and oxygen atoms in total. The van der Waals surface area contributed by atoms with Crippen molar-refractivity contribution in [1.82, 2.24) is 19.4 Å². The van der Waals surface area contributed by atoms with Gasteiger partial charge in [0, 0.05) is 42.4 Å². The highest BCUT2D eigenvalue weighted by Gasteiger charge is 2.26. The molecule has 4 aromatic rings. The quantitative estimate of drug-likeness (QED) is 0.303. The van der Waals surface area contributed by atoms with Crippen molar-refractivity contribution in [2.45, 2.75) is 38.6 Å². The fourth-order valence-corrected chi connectivity index (χ4v) is 4.92. The molecule has 202 valence electrons. The Morgan fingerprint density at radius 1 is 1.23 bits per heavy atom. The summed E-state index contributed by atoms with van der Waals surface area (Å²) in [5, 5.41) is 9.64. The zero-order valence-corrected chi connectivity index (χ0v) is 21.7. The second-order valence-electron chi connectivity index (χ2n) is 9.63. The number of hydrogen-bond acceptors (Lipinski definition) is 7. The van der Waals surface area contributed by atoms with Crippen LogP contribution in [0, 0.1) is 5.82 Å². The minimum atomic E-state index is -1.12. The summed E-state index contributed by atoms with van der Waals surface area (Å²) in [6, 6.07) is 11.5. The highest BCUT2D eigenvalue weighted by molar-refractivity contribution is 6.30. The lowest BCUT2D eigenvalue weighted by molar-refractivity contribution is -0.0595. The summed E-state index contributed by atoms with van der Waals surface area (Å²) in [6.07, 6.45) is 3.95. The van der Waals surface area contributed by atoms with Crippen molar-refractivity contribution >= 4 is 34.4 Å². The number of fused-ring (bicyclic) bond motifs is 1. The number of aromatic carboxylic acids is 1. The lowest BCUT2D eigenvalue weighted by atomic mass is 10.0. The maximum atomic E-state index is 14.1. The summed E-state index contributed by atoms with van der Waals surface area (Å²) in [6.45, 7) is 3.45. The van der Waals surface area contributed by atoms with Crippen molar-refractivity contribution in [2.75, 3.05) is 19.7 Å². The van der Waals surface area contributed by atoms with Gasteiger partial charge in [-0.25, -0.2) is 19.2 Å². The Morgan fingerprint density at radius 3 is 2.82 bits per heavy atom. The van der Waals surface area contributed by atoms with Crippen LogP contribution < -0.4 is 4.74 Å². The Bertz CT molecular complexity index is 1560. The van der Waals surface area contributed by atoms with Gasteiger partial charge in [-0.2, -0.15) is 0 Å². The Balaban J connectivity index is 1.13. The smallest absolute Gasteiger partial charge is 0.371 e. The van der Waals surface area contributed by atoms with Crippen LogP contribution in [0.25, 0.3) is 16.8 Å². The van der Waals surface area contributed by atoms with Gasteiger partial charge in [-0.05, 0) is 36.6 Å². The van der Waals surface area contributed by atoms with E-state index in [1.165, 1.54) is 12.1 Å². The van der Waals surface area contributed by atoms with Crippen molar-refractivity contribution in [3.05, 3.63) is 82.2 Å². The number of ether oxygens (including phenoxy) is 2. The molecule has 1 unspecified atom stereocenters. The molecule has 0 saturated carbocycles. The van der Waals surface area contributed by atoms with Crippen LogP contribution in [0.15, 0.2) is 53.0 Å². The van der Waals surface area contributed by atoms with Gasteiger partial charge in [0.15, 0.2) is 0 Å². The summed E-state index contributed by atoms with van der Waals surface area (Å²) in [5.41, 5.74) is 3.35. The van der Waals surface area contributed by atoms with E-state index in [1.807, 2.05) is 16.7 Å². The first kappa shape index (κ1) is 25.5. The summed E-state index contributed by atoms with van der Waals surface area (Å²) < 4.78 is 33.0. The zero-order valence-electron chi connectivity index (χ0n) is 21.0. The van der Waals surface area contributed by atoms with Gasteiger partial charge in [0.05, 0.1) is 24.9 Å². The fourth-order valence-electron chi connectivity index (χ4n) is 4.76. The molecule has 6 rings (SSSR count). The second-order valence-corrected chi connectivity index (χ2v) is 10.1. The number of aromatic nitrogens is 3. The normalized spacial score (nSPS) is 17.7. The van der Waals surface area contributed by atoms with Crippen LogP contribution in [0.4, 0.5) is 4.39 Å². The molecule has 0 aliphatic carbocycles. The van der Waals surface area contributed by atoms with E-state index in [-0.39, 0.29) is 18.5 Å². The standard InChI is InChI=1S/C28H26ClFN4O5/c29-19-5-4-18(21(30)12-19)16-38-26-3-1-2-22(32-26)17-6-9-33(10-7-17)15-25-31-23-13-24(28(35)36)39-27(23)34(25)14-20-8-11-37-20/h1-6,12-13,20H,7-11,14-16H2,(H,35,36). The third-order valence-corrected chi connectivity index (χ3v) is 7.23. The molecule has 0 amide bonds. The van der Waals surface area contributed by atoms with Gasteiger partial charge in [-0.15, -0.1) is 0 Å². The largest absolute Gasteiger partial charge is 0.475 e. The molecule has 0 radical (unpaired) electrons. The molecule has 0 bridgehead atoms. The van der Waals surface area contributed by atoms with Crippen LogP contribution in [0.3, 0.4) is 0 Å². The molecular formula is C28H26ClFN4O5. The number of pyridine rings is 1. The number of carbonyl (C=O) groups is 1. The van der Waals surface area contributed by atoms with Crippen molar-refractivity contribution < 1.29 is 28.2 Å². The van der Waals surface area contributed by atoms with Gasteiger partial charge in [-0.1, -0.05) is 29.8 Å². The average Bonchev–Trinajstić information content (AvgIpc) is 3.45. The van der Waals surface area contributed by atoms with Crippen molar-refractivity contribution in [3.63, 3.8) is 0 Å². The molecule has 1 atom stereocenters. The summed E-state index contributed by atoms with van der Waals surface area (Å²) in [7, 11) is 0. The minimum absolute atomic E-state index is 0.0572. The van der Waals surface area contributed by atoms with Crippen molar-refractivity contribution in [3.8, 4) is 5.88 Å². The third-order valence-electron chi connectivity index (χ3n) is 6.99. The molecular weight excluding hydrogens is 527 g/mol. The van der Waals surface area contributed by atoms with E-state index in [0.29, 0.717) is 47.3 Å². The molecule has 11 heteroatoms. The van der Waals surface area contributed by atoms with Crippen molar-refractivity contribution in [2.24, 2.45) is 0 Å². The van der Waals surface area contributed by atoms with Gasteiger partial charge < -0.3 is 19.0 Å². The topological polar surface area (TPSA) is 103 Å². The van der Waals surface area contributed by atoms with E-state index in [0.717, 1.165) is 43.1 Å². The molecule has 39 heavy (non-hydrogen) atoms. The molecule has 1 fully saturated rings. The first-order valence-corrected chi connectivity index (χ1v) is 13.1. The number of carboxylic acids is 1. The van der Waals surface area contributed by atoms with Gasteiger partial charge in [0.1, 0.15) is 23.8 Å². The third kappa shape index (κ3) is 5.54. The molecule has 2 aliphatic rings. The minimum Gasteiger partial charge on any atom is -0.475 e. The fraction of sp³-hybridized carbons (Fsp3) is 0.321. The van der Waals surface area contributed by atoms with E-state index in [4.69, 9.17) is 30.5 Å². The van der Waals surface area contributed by atoms with Gasteiger partial charge in [-0.3, -0.25) is 9.47 Å². The number of halogens is 2. The van der Waals surface area contributed by atoms with Crippen LogP contribution in [0.1, 0.15) is 40.5 Å². The number of carboxylic acid groups (broad SMARTS) is 1. The molecule has 3 aromatic heterocycles. The number of imidazole rings is 1. The van der Waals surface area contributed by atoms with Crippen LogP contribution in [0.2, 0.25) is 5.02 Å². The van der Waals surface area contributed by atoms with Crippen LogP contribution in [-0.4, -0.2) is 56.3 Å². The first-order valence-electron chi connectivity index (χ1n) is 12.7. The zero-order chi connectivity index (χ0) is 26.9. The highest BCUT2D eigenvalue weighted by Crippen LogP contribution is 2.27. The number of hydrogen-bond donors (Lipinski definition) is 1. The van der Waals surface area contributed by atoms with E-state index >= 15 is 0 Å². The van der Waals surface area contributed by atoms with Crippen LogP contribution in [0.5, 0.6) is 5.88 Å². The molecule has 1 saturated heterocycles.